The molecule has 1 aromatic heterocycles. The Morgan fingerprint density at radius 3 is 2.64 bits per heavy atom. The van der Waals surface area contributed by atoms with Crippen molar-refractivity contribution in [2.45, 2.75) is 32.9 Å². The fourth-order valence-corrected chi connectivity index (χ4v) is 5.14. The van der Waals surface area contributed by atoms with Crippen molar-refractivity contribution in [3.63, 3.8) is 0 Å². The summed E-state index contributed by atoms with van der Waals surface area (Å²) in [6.07, 6.45) is 1.61. The molecule has 1 fully saturated rings. The maximum Gasteiger partial charge on any atom is 0.231 e. The summed E-state index contributed by atoms with van der Waals surface area (Å²) < 4.78 is 13.1. The second-order valence-electron chi connectivity index (χ2n) is 9.58. The number of ether oxygens (including phenoxy) is 2. The molecule has 0 unspecified atom stereocenters. The van der Waals surface area contributed by atoms with Crippen LogP contribution in [0.3, 0.4) is 0 Å². The number of anilines is 1. The molecule has 3 aromatic carbocycles. The lowest BCUT2D eigenvalue weighted by Crippen LogP contribution is -2.41. The maximum atomic E-state index is 12.9. The molecule has 6 rings (SSSR count). The van der Waals surface area contributed by atoms with E-state index >= 15 is 0 Å². The minimum atomic E-state index is 0.00413. The summed E-state index contributed by atoms with van der Waals surface area (Å²) in [5, 5.41) is 3.11. The molecule has 0 radical (unpaired) electrons. The van der Waals surface area contributed by atoms with Crippen LogP contribution in [-0.4, -0.2) is 35.3 Å². The number of aromatic nitrogens is 2. The number of nitrogens with one attached hydrogen (secondary N) is 1. The van der Waals surface area contributed by atoms with Crippen LogP contribution in [0.5, 0.6) is 11.5 Å². The van der Waals surface area contributed by atoms with Crippen LogP contribution in [0.25, 0.3) is 11.0 Å². The smallest absolute Gasteiger partial charge is 0.231 e. The zero-order valence-corrected chi connectivity index (χ0v) is 20.4. The van der Waals surface area contributed by atoms with Crippen molar-refractivity contribution in [3.8, 4) is 11.5 Å². The van der Waals surface area contributed by atoms with Gasteiger partial charge in [0, 0.05) is 25.6 Å². The SMILES string of the molecule is Cc1ccccc1Cn1c(N2CCC(C(=O)NCc3ccc4c(c3)OCO4)CC2)nc2ccccc21. The molecule has 0 aliphatic carbocycles. The molecule has 0 saturated carbocycles. The van der Waals surface area contributed by atoms with Crippen LogP contribution in [0.1, 0.15) is 29.5 Å². The first-order valence-electron chi connectivity index (χ1n) is 12.6. The number of hydrogen-bond donors (Lipinski definition) is 1. The Balaban J connectivity index is 1.13. The second kappa shape index (κ2) is 9.57. The molecule has 2 aliphatic heterocycles. The summed E-state index contributed by atoms with van der Waals surface area (Å²) in [6, 6.07) is 22.6. The number of imidazole rings is 1. The summed E-state index contributed by atoms with van der Waals surface area (Å²) in [5.74, 6) is 2.60. The number of para-hydroxylation sites is 2. The van der Waals surface area contributed by atoms with Crippen LogP contribution >= 0.6 is 0 Å². The van der Waals surface area contributed by atoms with Crippen LogP contribution in [-0.2, 0) is 17.9 Å². The van der Waals surface area contributed by atoms with Crippen LogP contribution in [0.15, 0.2) is 66.7 Å². The van der Waals surface area contributed by atoms with E-state index in [-0.39, 0.29) is 18.6 Å². The number of carbonyl (C=O) groups is 1. The molecule has 36 heavy (non-hydrogen) atoms. The molecule has 7 nitrogen and oxygen atoms in total. The largest absolute Gasteiger partial charge is 0.454 e. The van der Waals surface area contributed by atoms with Crippen LogP contribution in [0, 0.1) is 12.8 Å². The number of hydrogen-bond acceptors (Lipinski definition) is 5. The topological polar surface area (TPSA) is 68.6 Å². The zero-order valence-electron chi connectivity index (χ0n) is 20.4. The summed E-state index contributed by atoms with van der Waals surface area (Å²) in [6.45, 7) is 5.28. The van der Waals surface area contributed by atoms with E-state index in [9.17, 15) is 4.79 Å². The Bertz CT molecular complexity index is 1400. The molecule has 7 heteroatoms. The Morgan fingerprint density at radius 2 is 1.78 bits per heavy atom. The van der Waals surface area contributed by atoms with Gasteiger partial charge >= 0.3 is 0 Å². The molecule has 1 N–H and O–H groups in total. The number of benzene rings is 3. The Hall–Kier alpha value is -4.00. The summed E-state index contributed by atoms with van der Waals surface area (Å²) >= 11 is 0. The number of nitrogens with zero attached hydrogens (tertiary/aromatic N) is 3. The van der Waals surface area contributed by atoms with Gasteiger partial charge in [0.2, 0.25) is 18.6 Å². The number of piperidine rings is 1. The number of rotatable bonds is 6. The van der Waals surface area contributed by atoms with Crippen molar-refractivity contribution < 1.29 is 14.3 Å². The highest BCUT2D eigenvalue weighted by Gasteiger charge is 2.28. The van der Waals surface area contributed by atoms with E-state index in [0.29, 0.717) is 6.54 Å². The second-order valence-corrected chi connectivity index (χ2v) is 9.58. The van der Waals surface area contributed by atoms with E-state index in [0.717, 1.165) is 66.5 Å². The highest BCUT2D eigenvalue weighted by Crippen LogP contribution is 2.33. The highest BCUT2D eigenvalue weighted by atomic mass is 16.7. The van der Waals surface area contributed by atoms with Crippen molar-refractivity contribution in [1.82, 2.24) is 14.9 Å². The molecule has 3 heterocycles. The van der Waals surface area contributed by atoms with Gasteiger partial charge in [-0.25, -0.2) is 4.98 Å². The van der Waals surface area contributed by atoms with Crippen molar-refractivity contribution in [2.75, 3.05) is 24.8 Å². The lowest BCUT2D eigenvalue weighted by atomic mass is 9.96. The van der Waals surface area contributed by atoms with Gasteiger partial charge in [0.1, 0.15) is 0 Å². The third-order valence-corrected chi connectivity index (χ3v) is 7.28. The summed E-state index contributed by atoms with van der Waals surface area (Å²) in [4.78, 5) is 20.3. The Kier molecular flexibility index (Phi) is 5.97. The van der Waals surface area contributed by atoms with Crippen LogP contribution in [0.2, 0.25) is 0 Å². The van der Waals surface area contributed by atoms with Gasteiger partial charge in [0.15, 0.2) is 11.5 Å². The Morgan fingerprint density at radius 1 is 1.00 bits per heavy atom. The Labute approximate surface area is 210 Å². The third kappa shape index (κ3) is 4.37. The van der Waals surface area contributed by atoms with Gasteiger partial charge in [-0.1, -0.05) is 42.5 Å². The number of aryl methyl sites for hydroxylation is 1. The van der Waals surface area contributed by atoms with Gasteiger partial charge in [-0.15, -0.1) is 0 Å². The van der Waals surface area contributed by atoms with E-state index in [2.05, 4.69) is 64.2 Å². The van der Waals surface area contributed by atoms with Gasteiger partial charge in [-0.2, -0.15) is 0 Å². The average Bonchev–Trinajstić information content (AvgIpc) is 3.53. The van der Waals surface area contributed by atoms with Crippen molar-refractivity contribution in [1.29, 1.82) is 0 Å². The predicted molar refractivity (Wildman–Crippen MR) is 139 cm³/mol. The summed E-state index contributed by atoms with van der Waals surface area (Å²) in [7, 11) is 0. The molecule has 2 aliphatic rings. The third-order valence-electron chi connectivity index (χ3n) is 7.28. The van der Waals surface area contributed by atoms with E-state index in [1.807, 2.05) is 24.3 Å². The number of amides is 1. The quantitative estimate of drug-likeness (QED) is 0.433. The number of fused-ring (bicyclic) bond motifs is 2. The van der Waals surface area contributed by atoms with Gasteiger partial charge in [0.05, 0.1) is 17.6 Å². The predicted octanol–water partition coefficient (Wildman–Crippen LogP) is 4.65. The molecule has 0 spiro atoms. The van der Waals surface area contributed by atoms with E-state index < -0.39 is 0 Å². The minimum absolute atomic E-state index is 0.00413. The summed E-state index contributed by atoms with van der Waals surface area (Å²) in [5.41, 5.74) is 5.72. The minimum Gasteiger partial charge on any atom is -0.454 e. The molecule has 0 bridgehead atoms. The highest BCUT2D eigenvalue weighted by molar-refractivity contribution is 5.80. The van der Waals surface area contributed by atoms with Crippen molar-refractivity contribution in [3.05, 3.63) is 83.4 Å². The molecular weight excluding hydrogens is 452 g/mol. The van der Waals surface area contributed by atoms with Crippen LogP contribution < -0.4 is 19.7 Å². The van der Waals surface area contributed by atoms with Crippen LogP contribution in [0.4, 0.5) is 5.95 Å². The van der Waals surface area contributed by atoms with Gasteiger partial charge in [-0.3, -0.25) is 4.79 Å². The lowest BCUT2D eigenvalue weighted by molar-refractivity contribution is -0.125. The zero-order chi connectivity index (χ0) is 24.5. The van der Waals surface area contributed by atoms with Gasteiger partial charge in [-0.05, 0) is 60.7 Å². The van der Waals surface area contributed by atoms with E-state index in [1.54, 1.807) is 0 Å². The van der Waals surface area contributed by atoms with Crippen molar-refractivity contribution in [2.24, 2.45) is 5.92 Å². The fraction of sp³-hybridized carbons (Fsp3) is 0.310. The van der Waals surface area contributed by atoms with Crippen molar-refractivity contribution >= 4 is 22.9 Å². The molecule has 1 amide bonds. The monoisotopic (exact) mass is 482 g/mol. The van der Waals surface area contributed by atoms with E-state index in [4.69, 9.17) is 14.5 Å². The average molecular weight is 483 g/mol. The lowest BCUT2D eigenvalue weighted by Gasteiger charge is -2.32. The molecule has 4 aromatic rings. The molecule has 0 atom stereocenters. The molecule has 184 valence electrons. The molecular formula is C29H30N4O3. The normalized spacial score (nSPS) is 15.4. The fourth-order valence-electron chi connectivity index (χ4n) is 5.14. The van der Waals surface area contributed by atoms with E-state index in [1.165, 1.54) is 11.1 Å². The first kappa shape index (κ1) is 22.5. The first-order chi connectivity index (χ1) is 17.7. The maximum absolute atomic E-state index is 12.9. The standard InChI is InChI=1S/C29H30N4O3/c1-20-6-2-3-7-23(20)18-33-25-9-5-4-8-24(25)31-29(33)32-14-12-22(13-15-32)28(34)30-17-21-10-11-26-27(16-21)36-19-35-26/h2-11,16,22H,12-15,17-19H2,1H3,(H,30,34). The molecule has 1 saturated heterocycles. The van der Waals surface area contributed by atoms with Gasteiger partial charge in [0.25, 0.3) is 0 Å². The van der Waals surface area contributed by atoms with Gasteiger partial charge < -0.3 is 24.3 Å². The first-order valence-corrected chi connectivity index (χ1v) is 12.6. The number of carbonyl (C=O) groups excluding carboxylic acids is 1.